The van der Waals surface area contributed by atoms with Crippen LogP contribution in [0.3, 0.4) is 0 Å². The van der Waals surface area contributed by atoms with Crippen LogP contribution in [-0.4, -0.2) is 9.55 Å². The number of hydrogen-bond acceptors (Lipinski definition) is 2. The second kappa shape index (κ2) is 4.26. The van der Waals surface area contributed by atoms with Gasteiger partial charge >= 0.3 is 0 Å². The summed E-state index contributed by atoms with van der Waals surface area (Å²) in [5.41, 5.74) is 8.41. The number of para-hydroxylation sites is 2. The van der Waals surface area contributed by atoms with Crippen LogP contribution in [0.15, 0.2) is 24.3 Å². The minimum atomic E-state index is 0.0161. The van der Waals surface area contributed by atoms with Crippen LogP contribution >= 0.6 is 0 Å². The van der Waals surface area contributed by atoms with Crippen molar-refractivity contribution in [3.05, 3.63) is 30.1 Å². The molecule has 0 aliphatic rings. The maximum atomic E-state index is 6.23. The van der Waals surface area contributed by atoms with Crippen molar-refractivity contribution in [2.75, 3.05) is 0 Å². The van der Waals surface area contributed by atoms with Crippen molar-refractivity contribution in [2.24, 2.45) is 18.7 Å². The van der Waals surface area contributed by atoms with Crippen molar-refractivity contribution < 1.29 is 0 Å². The third-order valence-electron chi connectivity index (χ3n) is 3.38. The molecule has 2 unspecified atom stereocenters. The molecule has 0 amide bonds. The first-order chi connectivity index (χ1) is 7.65. The molecule has 1 aromatic carbocycles. The summed E-state index contributed by atoms with van der Waals surface area (Å²) in [7, 11) is 2.03. The van der Waals surface area contributed by atoms with Gasteiger partial charge in [0.25, 0.3) is 0 Å². The summed E-state index contributed by atoms with van der Waals surface area (Å²) in [6, 6.07) is 8.16. The van der Waals surface area contributed by atoms with Gasteiger partial charge in [-0.3, -0.25) is 0 Å². The van der Waals surface area contributed by atoms with E-state index in [0.717, 1.165) is 23.3 Å². The second-order valence-electron chi connectivity index (χ2n) is 4.43. The first-order valence-electron chi connectivity index (χ1n) is 5.82. The highest BCUT2D eigenvalue weighted by atomic mass is 15.1. The van der Waals surface area contributed by atoms with Crippen molar-refractivity contribution in [1.82, 2.24) is 9.55 Å². The van der Waals surface area contributed by atoms with E-state index in [0.29, 0.717) is 5.92 Å². The van der Waals surface area contributed by atoms with Crippen LogP contribution in [0.4, 0.5) is 0 Å². The van der Waals surface area contributed by atoms with Crippen molar-refractivity contribution >= 4 is 11.0 Å². The first kappa shape index (κ1) is 11.1. The van der Waals surface area contributed by atoms with E-state index in [1.54, 1.807) is 0 Å². The van der Waals surface area contributed by atoms with Gasteiger partial charge in [0, 0.05) is 7.05 Å². The van der Waals surface area contributed by atoms with Gasteiger partial charge in [-0.2, -0.15) is 0 Å². The van der Waals surface area contributed by atoms with Crippen molar-refractivity contribution in [1.29, 1.82) is 0 Å². The summed E-state index contributed by atoms with van der Waals surface area (Å²) in [6.07, 6.45) is 1.07. The third kappa shape index (κ3) is 1.71. The number of nitrogens with zero attached hydrogens (tertiary/aromatic N) is 2. The topological polar surface area (TPSA) is 43.8 Å². The average Bonchev–Trinajstić information content (AvgIpc) is 2.65. The first-order valence-corrected chi connectivity index (χ1v) is 5.82. The lowest BCUT2D eigenvalue weighted by Gasteiger charge is -2.17. The Hall–Kier alpha value is -1.35. The van der Waals surface area contributed by atoms with Crippen LogP contribution in [0, 0.1) is 5.92 Å². The van der Waals surface area contributed by atoms with Crippen molar-refractivity contribution in [3.8, 4) is 0 Å². The molecule has 1 aromatic heterocycles. The van der Waals surface area contributed by atoms with Crippen LogP contribution in [-0.2, 0) is 7.05 Å². The van der Waals surface area contributed by atoms with Gasteiger partial charge in [0.2, 0.25) is 0 Å². The molecule has 2 aromatic rings. The lowest BCUT2D eigenvalue weighted by molar-refractivity contribution is 0.432. The Labute approximate surface area is 96.3 Å². The monoisotopic (exact) mass is 217 g/mol. The fraction of sp³-hybridized carbons (Fsp3) is 0.462. The molecular formula is C13H19N3. The number of rotatable bonds is 3. The largest absolute Gasteiger partial charge is 0.330 e. The molecule has 0 aliphatic heterocycles. The van der Waals surface area contributed by atoms with Crippen LogP contribution in [0.25, 0.3) is 11.0 Å². The zero-order chi connectivity index (χ0) is 11.7. The molecule has 0 saturated carbocycles. The highest BCUT2D eigenvalue weighted by molar-refractivity contribution is 5.75. The van der Waals surface area contributed by atoms with E-state index < -0.39 is 0 Å². The summed E-state index contributed by atoms with van der Waals surface area (Å²) in [5, 5.41) is 0. The molecule has 3 nitrogen and oxygen atoms in total. The molecule has 3 heteroatoms. The fourth-order valence-corrected chi connectivity index (χ4v) is 1.97. The zero-order valence-corrected chi connectivity index (χ0v) is 10.1. The Morgan fingerprint density at radius 2 is 2.06 bits per heavy atom. The SMILES string of the molecule is CCC(C)C(N)c1nc2ccccc2n1C. The van der Waals surface area contributed by atoms with E-state index >= 15 is 0 Å². The lowest BCUT2D eigenvalue weighted by atomic mass is 9.99. The van der Waals surface area contributed by atoms with Gasteiger partial charge in [-0.05, 0) is 18.1 Å². The van der Waals surface area contributed by atoms with Gasteiger partial charge in [0.1, 0.15) is 5.82 Å². The summed E-state index contributed by atoms with van der Waals surface area (Å²) in [5.74, 6) is 1.44. The minimum absolute atomic E-state index is 0.0161. The van der Waals surface area contributed by atoms with E-state index in [1.807, 2.05) is 25.2 Å². The highest BCUT2D eigenvalue weighted by Gasteiger charge is 2.19. The molecule has 86 valence electrons. The Morgan fingerprint density at radius 3 is 2.69 bits per heavy atom. The molecule has 0 spiro atoms. The summed E-state index contributed by atoms with van der Waals surface area (Å²) < 4.78 is 2.10. The normalized spacial score (nSPS) is 15.2. The third-order valence-corrected chi connectivity index (χ3v) is 3.38. The lowest BCUT2D eigenvalue weighted by Crippen LogP contribution is -2.22. The molecule has 2 rings (SSSR count). The number of fused-ring (bicyclic) bond motifs is 1. The summed E-state index contributed by atoms with van der Waals surface area (Å²) in [4.78, 5) is 4.62. The standard InChI is InChI=1S/C13H19N3/c1-4-9(2)12(14)13-15-10-7-5-6-8-11(10)16(13)3/h5-9,12H,4,14H2,1-3H3. The molecule has 0 aliphatic carbocycles. The zero-order valence-electron chi connectivity index (χ0n) is 10.1. The number of hydrogen-bond donors (Lipinski definition) is 1. The van der Waals surface area contributed by atoms with Gasteiger partial charge in [-0.15, -0.1) is 0 Å². The Morgan fingerprint density at radius 1 is 1.38 bits per heavy atom. The molecule has 2 N–H and O–H groups in total. The van der Waals surface area contributed by atoms with E-state index in [1.165, 1.54) is 0 Å². The average molecular weight is 217 g/mol. The van der Waals surface area contributed by atoms with Gasteiger partial charge in [-0.1, -0.05) is 32.4 Å². The van der Waals surface area contributed by atoms with Gasteiger partial charge in [0.15, 0.2) is 0 Å². The van der Waals surface area contributed by atoms with E-state index in [2.05, 4.69) is 29.5 Å². The number of aryl methyl sites for hydroxylation is 1. The molecule has 16 heavy (non-hydrogen) atoms. The van der Waals surface area contributed by atoms with Crippen LogP contribution < -0.4 is 5.73 Å². The van der Waals surface area contributed by atoms with Crippen molar-refractivity contribution in [2.45, 2.75) is 26.3 Å². The van der Waals surface area contributed by atoms with Crippen LogP contribution in [0.5, 0.6) is 0 Å². The number of imidazole rings is 1. The van der Waals surface area contributed by atoms with Gasteiger partial charge < -0.3 is 10.3 Å². The van der Waals surface area contributed by atoms with Gasteiger partial charge in [-0.25, -0.2) is 4.98 Å². The number of aromatic nitrogens is 2. The number of benzene rings is 1. The van der Waals surface area contributed by atoms with Crippen LogP contribution in [0.1, 0.15) is 32.1 Å². The maximum Gasteiger partial charge on any atom is 0.126 e. The molecule has 0 saturated heterocycles. The fourth-order valence-electron chi connectivity index (χ4n) is 1.97. The van der Waals surface area contributed by atoms with E-state index in [-0.39, 0.29) is 6.04 Å². The molecule has 0 radical (unpaired) electrons. The molecular weight excluding hydrogens is 198 g/mol. The highest BCUT2D eigenvalue weighted by Crippen LogP contribution is 2.24. The van der Waals surface area contributed by atoms with Crippen LogP contribution in [0.2, 0.25) is 0 Å². The molecule has 0 bridgehead atoms. The van der Waals surface area contributed by atoms with E-state index in [9.17, 15) is 0 Å². The Bertz CT molecular complexity index is 487. The minimum Gasteiger partial charge on any atom is -0.330 e. The Balaban J connectivity index is 2.49. The quantitative estimate of drug-likeness (QED) is 0.858. The predicted molar refractivity (Wildman–Crippen MR) is 67.1 cm³/mol. The Kier molecular flexibility index (Phi) is 2.97. The maximum absolute atomic E-state index is 6.23. The second-order valence-corrected chi connectivity index (χ2v) is 4.43. The predicted octanol–water partition coefficient (Wildman–Crippen LogP) is 2.62. The number of nitrogens with two attached hydrogens (primary N) is 1. The van der Waals surface area contributed by atoms with Gasteiger partial charge in [0.05, 0.1) is 17.1 Å². The van der Waals surface area contributed by atoms with Crippen molar-refractivity contribution in [3.63, 3.8) is 0 Å². The molecule has 2 atom stereocenters. The van der Waals surface area contributed by atoms with E-state index in [4.69, 9.17) is 5.73 Å². The summed E-state index contributed by atoms with van der Waals surface area (Å²) in [6.45, 7) is 4.33. The molecule has 1 heterocycles. The molecule has 0 fully saturated rings. The summed E-state index contributed by atoms with van der Waals surface area (Å²) >= 11 is 0. The smallest absolute Gasteiger partial charge is 0.126 e.